The third-order valence-electron chi connectivity index (χ3n) is 4.07. The fourth-order valence-corrected chi connectivity index (χ4v) is 2.86. The molecule has 0 saturated heterocycles. The number of para-hydroxylation sites is 1. The molecule has 120 valence electrons. The second kappa shape index (κ2) is 6.32. The Morgan fingerprint density at radius 1 is 0.958 bits per heavy atom. The molecule has 0 aliphatic heterocycles. The third kappa shape index (κ3) is 2.71. The largest absolute Gasteiger partial charge is 0.493 e. The topological polar surface area (TPSA) is 27.1 Å². The smallest absolute Gasteiger partial charge is 0.137 e. The molecule has 2 heterocycles. The monoisotopic (exact) mass is 319 g/mol. The van der Waals surface area contributed by atoms with Gasteiger partial charge in [-0.3, -0.25) is 4.39 Å². The van der Waals surface area contributed by atoms with E-state index in [2.05, 4.69) is 33.8 Å². The summed E-state index contributed by atoms with van der Waals surface area (Å²) in [5.41, 5.74) is 1.13. The van der Waals surface area contributed by atoms with E-state index in [1.165, 1.54) is 5.39 Å². The summed E-state index contributed by atoms with van der Waals surface area (Å²) in [7, 11) is 0. The van der Waals surface area contributed by atoms with Crippen LogP contribution in [-0.2, 0) is 0 Å². The fraction of sp³-hybridized carbons (Fsp3) is 0.150. The molecule has 4 aromatic rings. The summed E-state index contributed by atoms with van der Waals surface area (Å²) < 4.78 is 19.8. The molecule has 0 unspecified atom stereocenters. The van der Waals surface area contributed by atoms with E-state index in [-0.39, 0.29) is 6.67 Å². The molecule has 0 aliphatic carbocycles. The molecule has 4 rings (SSSR count). The minimum absolute atomic E-state index is 0.358. The molecular formula is C20H17FN2O. The number of hydrogen-bond donors (Lipinski definition) is 0. The normalized spacial score (nSPS) is 11.2. The van der Waals surface area contributed by atoms with Crippen molar-refractivity contribution in [1.29, 1.82) is 0 Å². The zero-order valence-corrected chi connectivity index (χ0v) is 13.2. The van der Waals surface area contributed by atoms with Gasteiger partial charge in [0.05, 0.1) is 18.8 Å². The van der Waals surface area contributed by atoms with E-state index in [9.17, 15) is 4.39 Å². The van der Waals surface area contributed by atoms with Crippen LogP contribution in [0.3, 0.4) is 0 Å². The maximum atomic E-state index is 12.1. The average Bonchev–Trinajstić information content (AvgIpc) is 3.05. The van der Waals surface area contributed by atoms with Gasteiger partial charge in [-0.1, -0.05) is 24.3 Å². The van der Waals surface area contributed by atoms with Crippen LogP contribution in [0.2, 0.25) is 0 Å². The molecule has 2 aromatic carbocycles. The number of aromatic nitrogens is 2. The second-order valence-corrected chi connectivity index (χ2v) is 5.69. The molecule has 0 amide bonds. The summed E-state index contributed by atoms with van der Waals surface area (Å²) >= 11 is 0. The van der Waals surface area contributed by atoms with Gasteiger partial charge in [-0.15, -0.1) is 0 Å². The third-order valence-corrected chi connectivity index (χ3v) is 4.07. The average molecular weight is 319 g/mol. The standard InChI is InChI=1S/C20H17FN2O/c21-9-3-11-24-18-7-6-16-13-20(22-14-17(16)12-18)23-10-8-15-4-1-2-5-19(15)23/h1-2,4-8,10,12-14H,3,9,11H2/i21-1. The van der Waals surface area contributed by atoms with Gasteiger partial charge in [-0.05, 0) is 41.1 Å². The van der Waals surface area contributed by atoms with Crippen molar-refractivity contribution in [3.05, 3.63) is 67.0 Å². The lowest BCUT2D eigenvalue weighted by molar-refractivity contribution is 0.290. The van der Waals surface area contributed by atoms with E-state index in [4.69, 9.17) is 4.74 Å². The highest BCUT2D eigenvalue weighted by molar-refractivity contribution is 5.86. The Labute approximate surface area is 139 Å². The number of pyridine rings is 1. The summed E-state index contributed by atoms with van der Waals surface area (Å²) in [4.78, 5) is 4.58. The number of nitrogens with zero attached hydrogens (tertiary/aromatic N) is 2. The minimum atomic E-state index is -0.358. The maximum Gasteiger partial charge on any atom is 0.137 e. The number of halogens is 1. The molecule has 3 nitrogen and oxygen atoms in total. The van der Waals surface area contributed by atoms with Crippen LogP contribution >= 0.6 is 0 Å². The Bertz CT molecular complexity index is 993. The van der Waals surface area contributed by atoms with E-state index >= 15 is 0 Å². The van der Waals surface area contributed by atoms with Crippen LogP contribution in [0.25, 0.3) is 27.5 Å². The summed E-state index contributed by atoms with van der Waals surface area (Å²) in [5, 5.41) is 3.29. The number of rotatable bonds is 5. The van der Waals surface area contributed by atoms with Crippen LogP contribution < -0.4 is 4.74 Å². The van der Waals surface area contributed by atoms with Gasteiger partial charge in [-0.25, -0.2) is 4.98 Å². The predicted octanol–water partition coefficient (Wildman–Crippen LogP) is 4.92. The van der Waals surface area contributed by atoms with Gasteiger partial charge in [0, 0.05) is 24.2 Å². The van der Waals surface area contributed by atoms with Gasteiger partial charge in [0.2, 0.25) is 0 Å². The van der Waals surface area contributed by atoms with Crippen molar-refractivity contribution >= 4 is 21.7 Å². The van der Waals surface area contributed by atoms with Gasteiger partial charge in [-0.2, -0.15) is 0 Å². The fourth-order valence-electron chi connectivity index (χ4n) is 2.86. The SMILES string of the molecule is [18F]CCCOc1ccc2cc(-n3ccc4ccccc43)ncc2c1. The van der Waals surface area contributed by atoms with Crippen LogP contribution in [0.4, 0.5) is 4.39 Å². The molecule has 0 aliphatic rings. The zero-order chi connectivity index (χ0) is 16.4. The van der Waals surface area contributed by atoms with Crippen LogP contribution in [0, 0.1) is 0 Å². The van der Waals surface area contributed by atoms with Crippen molar-refractivity contribution in [2.24, 2.45) is 0 Å². The summed E-state index contributed by atoms with van der Waals surface area (Å²) in [6.45, 7) is 0.0339. The van der Waals surface area contributed by atoms with Gasteiger partial charge in [0.15, 0.2) is 0 Å². The predicted molar refractivity (Wildman–Crippen MR) is 94.7 cm³/mol. The quantitative estimate of drug-likeness (QED) is 0.488. The Balaban J connectivity index is 1.69. The molecule has 0 N–H and O–H groups in total. The number of ether oxygens (including phenoxy) is 1. The Morgan fingerprint density at radius 2 is 1.88 bits per heavy atom. The van der Waals surface area contributed by atoms with Crippen LogP contribution in [0.1, 0.15) is 6.42 Å². The summed E-state index contributed by atoms with van der Waals surface area (Å²) in [5.74, 6) is 1.63. The number of benzene rings is 2. The summed E-state index contributed by atoms with van der Waals surface area (Å²) in [6, 6.07) is 18.3. The lowest BCUT2D eigenvalue weighted by atomic mass is 10.1. The first-order valence-electron chi connectivity index (χ1n) is 8.00. The summed E-state index contributed by atoms with van der Waals surface area (Å²) in [6.07, 6.45) is 4.30. The highest BCUT2D eigenvalue weighted by atomic mass is 18.2. The number of alkyl halides is 1. The Kier molecular flexibility index (Phi) is 3.87. The number of hydrogen-bond acceptors (Lipinski definition) is 2. The molecule has 0 atom stereocenters. The van der Waals surface area contributed by atoms with Crippen LogP contribution in [0.15, 0.2) is 67.0 Å². The Morgan fingerprint density at radius 3 is 2.79 bits per heavy atom. The molecular weight excluding hydrogens is 302 g/mol. The van der Waals surface area contributed by atoms with Crippen LogP contribution in [0.5, 0.6) is 5.75 Å². The molecule has 4 heteroatoms. The van der Waals surface area contributed by atoms with Gasteiger partial charge < -0.3 is 9.30 Å². The van der Waals surface area contributed by atoms with Crippen molar-refractivity contribution in [1.82, 2.24) is 9.55 Å². The van der Waals surface area contributed by atoms with Crippen molar-refractivity contribution < 1.29 is 9.13 Å². The molecule has 2 aromatic heterocycles. The molecule has 0 saturated carbocycles. The highest BCUT2D eigenvalue weighted by Gasteiger charge is 2.05. The van der Waals surface area contributed by atoms with Gasteiger partial charge >= 0.3 is 0 Å². The lowest BCUT2D eigenvalue weighted by Crippen LogP contribution is -1.98. The van der Waals surface area contributed by atoms with Crippen molar-refractivity contribution in [2.75, 3.05) is 13.3 Å². The van der Waals surface area contributed by atoms with Crippen molar-refractivity contribution in [3.63, 3.8) is 0 Å². The van der Waals surface area contributed by atoms with Gasteiger partial charge in [0.25, 0.3) is 0 Å². The second-order valence-electron chi connectivity index (χ2n) is 5.69. The molecule has 0 fully saturated rings. The number of fused-ring (bicyclic) bond motifs is 2. The van der Waals surface area contributed by atoms with E-state index < -0.39 is 0 Å². The maximum absolute atomic E-state index is 12.1. The van der Waals surface area contributed by atoms with E-state index in [0.29, 0.717) is 13.0 Å². The van der Waals surface area contributed by atoms with Gasteiger partial charge in [0.1, 0.15) is 11.6 Å². The Hall–Kier alpha value is -2.88. The van der Waals surface area contributed by atoms with Crippen molar-refractivity contribution in [2.45, 2.75) is 6.42 Å². The molecule has 0 bridgehead atoms. The minimum Gasteiger partial charge on any atom is -0.493 e. The highest BCUT2D eigenvalue weighted by Crippen LogP contribution is 2.24. The van der Waals surface area contributed by atoms with E-state index in [0.717, 1.165) is 27.9 Å². The molecule has 0 spiro atoms. The molecule has 24 heavy (non-hydrogen) atoms. The first-order chi connectivity index (χ1) is 11.8. The van der Waals surface area contributed by atoms with Crippen LogP contribution in [-0.4, -0.2) is 22.8 Å². The zero-order valence-electron chi connectivity index (χ0n) is 13.2. The van der Waals surface area contributed by atoms with E-state index in [1.54, 1.807) is 0 Å². The first-order valence-corrected chi connectivity index (χ1v) is 8.00. The lowest BCUT2D eigenvalue weighted by Gasteiger charge is -2.08. The van der Waals surface area contributed by atoms with Crippen molar-refractivity contribution in [3.8, 4) is 11.6 Å². The van der Waals surface area contributed by atoms with E-state index in [1.807, 2.05) is 42.7 Å². The molecule has 0 radical (unpaired) electrons. The first kappa shape index (κ1) is 14.7.